The van der Waals surface area contributed by atoms with Crippen LogP contribution >= 0.6 is 0 Å². The normalized spacial score (nSPS) is 12.6. The zero-order valence-corrected chi connectivity index (χ0v) is 32.0. The number of anilines is 3. The van der Waals surface area contributed by atoms with Gasteiger partial charge in [-0.3, -0.25) is 0 Å². The van der Waals surface area contributed by atoms with E-state index in [1.165, 1.54) is 77.2 Å². The van der Waals surface area contributed by atoms with E-state index in [4.69, 9.17) is 0 Å². The lowest BCUT2D eigenvalue weighted by Crippen LogP contribution is -2.29. The fourth-order valence-corrected chi connectivity index (χ4v) is 9.68. The molecule has 1 aliphatic carbocycles. The molecule has 0 aliphatic heterocycles. The minimum absolute atomic E-state index is 0.603. The molecule has 0 bridgehead atoms. The lowest BCUT2D eigenvalue weighted by atomic mass is 9.66. The van der Waals surface area contributed by atoms with E-state index < -0.39 is 5.41 Å². The standard InChI is InChI=1S/C57H39N/c1-5-19-40(20-6-1)41-33-35-45(36-34-41)58(54-32-18-17-27-47(54)42-21-7-2-8-22-42)46-37-38-52-53(39-46)57(43-23-9-3-10-24-43,44-25-11-4-12-26-44)56-51-31-16-14-29-49(51)48-28-13-15-30-50(48)55(52)56/h1-39H. The van der Waals surface area contributed by atoms with Gasteiger partial charge in [0.15, 0.2) is 0 Å². The van der Waals surface area contributed by atoms with Gasteiger partial charge in [0.05, 0.1) is 11.1 Å². The molecule has 10 aromatic rings. The summed E-state index contributed by atoms with van der Waals surface area (Å²) in [4.78, 5) is 2.46. The highest BCUT2D eigenvalue weighted by atomic mass is 15.1. The first-order valence-electron chi connectivity index (χ1n) is 20.1. The summed E-state index contributed by atoms with van der Waals surface area (Å²) in [5, 5.41) is 5.12. The van der Waals surface area contributed by atoms with Gasteiger partial charge in [-0.2, -0.15) is 0 Å². The molecule has 58 heavy (non-hydrogen) atoms. The Morgan fingerprint density at radius 2 is 0.776 bits per heavy atom. The van der Waals surface area contributed by atoms with Crippen molar-refractivity contribution in [3.05, 3.63) is 259 Å². The highest BCUT2D eigenvalue weighted by Crippen LogP contribution is 2.61. The predicted octanol–water partition coefficient (Wildman–Crippen LogP) is 15.2. The molecule has 0 unspecified atom stereocenters. The van der Waals surface area contributed by atoms with Crippen molar-refractivity contribution >= 4 is 38.6 Å². The zero-order valence-electron chi connectivity index (χ0n) is 32.0. The van der Waals surface area contributed by atoms with Crippen LogP contribution in [0.25, 0.3) is 54.9 Å². The monoisotopic (exact) mass is 737 g/mol. The summed E-state index contributed by atoms with van der Waals surface area (Å²) in [5.41, 5.74) is 15.2. The largest absolute Gasteiger partial charge is 0.310 e. The van der Waals surface area contributed by atoms with Gasteiger partial charge in [-0.15, -0.1) is 0 Å². The van der Waals surface area contributed by atoms with Crippen LogP contribution in [0.2, 0.25) is 0 Å². The molecular formula is C57H39N. The molecule has 0 atom stereocenters. The first-order chi connectivity index (χ1) is 28.8. The maximum Gasteiger partial charge on any atom is 0.0720 e. The second-order valence-electron chi connectivity index (χ2n) is 15.2. The van der Waals surface area contributed by atoms with E-state index in [2.05, 4.69) is 241 Å². The average molecular weight is 738 g/mol. The van der Waals surface area contributed by atoms with E-state index in [0.29, 0.717) is 0 Å². The van der Waals surface area contributed by atoms with Gasteiger partial charge in [-0.1, -0.05) is 206 Å². The molecular weight excluding hydrogens is 699 g/mol. The van der Waals surface area contributed by atoms with Gasteiger partial charge in [0.1, 0.15) is 0 Å². The highest BCUT2D eigenvalue weighted by molar-refractivity contribution is 6.19. The average Bonchev–Trinajstić information content (AvgIpc) is 3.62. The quantitative estimate of drug-likeness (QED) is 0.147. The van der Waals surface area contributed by atoms with Crippen molar-refractivity contribution < 1.29 is 0 Å². The summed E-state index contributed by atoms with van der Waals surface area (Å²) in [7, 11) is 0. The van der Waals surface area contributed by atoms with Gasteiger partial charge in [-0.05, 0) is 102 Å². The fraction of sp³-hybridized carbons (Fsp3) is 0.0175. The van der Waals surface area contributed by atoms with Crippen LogP contribution in [-0.4, -0.2) is 0 Å². The number of nitrogens with zero attached hydrogens (tertiary/aromatic N) is 1. The number of benzene rings is 10. The molecule has 0 aromatic heterocycles. The van der Waals surface area contributed by atoms with Crippen molar-refractivity contribution in [2.75, 3.05) is 4.90 Å². The lowest BCUT2D eigenvalue weighted by Gasteiger charge is -2.36. The third-order valence-corrected chi connectivity index (χ3v) is 12.1. The van der Waals surface area contributed by atoms with E-state index in [9.17, 15) is 0 Å². The molecule has 1 heteroatoms. The molecule has 11 rings (SSSR count). The van der Waals surface area contributed by atoms with Crippen molar-refractivity contribution in [1.82, 2.24) is 0 Å². The third-order valence-electron chi connectivity index (χ3n) is 12.1. The SMILES string of the molecule is c1ccc(-c2ccc(N(c3ccc4c(c3)C(c3ccccc3)(c3ccccc3)c3c-4c4ccccc4c4ccccc34)c3ccccc3-c3ccccc3)cc2)cc1. The Kier molecular flexibility index (Phi) is 8.12. The van der Waals surface area contributed by atoms with Gasteiger partial charge in [-0.25, -0.2) is 0 Å². The van der Waals surface area contributed by atoms with Crippen molar-refractivity contribution in [3.63, 3.8) is 0 Å². The molecule has 10 aromatic carbocycles. The van der Waals surface area contributed by atoms with E-state index in [0.717, 1.165) is 17.1 Å². The number of hydrogen-bond donors (Lipinski definition) is 0. The molecule has 1 nitrogen and oxygen atoms in total. The minimum atomic E-state index is -0.603. The Labute approximate surface area is 339 Å². The summed E-state index contributed by atoms with van der Waals surface area (Å²) in [5.74, 6) is 0. The van der Waals surface area contributed by atoms with Crippen molar-refractivity contribution in [3.8, 4) is 33.4 Å². The molecule has 0 fully saturated rings. The van der Waals surface area contributed by atoms with Crippen LogP contribution in [0, 0.1) is 0 Å². The zero-order chi connectivity index (χ0) is 38.5. The first kappa shape index (κ1) is 33.8. The van der Waals surface area contributed by atoms with Crippen LogP contribution in [-0.2, 0) is 5.41 Å². The molecule has 0 saturated heterocycles. The number of rotatable bonds is 7. The van der Waals surface area contributed by atoms with Crippen molar-refractivity contribution in [2.45, 2.75) is 5.41 Å². The lowest BCUT2D eigenvalue weighted by molar-refractivity contribution is 0.776. The van der Waals surface area contributed by atoms with Gasteiger partial charge in [0.25, 0.3) is 0 Å². The summed E-state index contributed by atoms with van der Waals surface area (Å²) < 4.78 is 0. The summed E-state index contributed by atoms with van der Waals surface area (Å²) in [6.07, 6.45) is 0. The van der Waals surface area contributed by atoms with E-state index in [1.807, 2.05) is 0 Å². The summed E-state index contributed by atoms with van der Waals surface area (Å²) in [6, 6.07) is 86.8. The van der Waals surface area contributed by atoms with Crippen LogP contribution in [0.5, 0.6) is 0 Å². The highest BCUT2D eigenvalue weighted by Gasteiger charge is 2.48. The van der Waals surface area contributed by atoms with Crippen LogP contribution < -0.4 is 4.90 Å². The fourth-order valence-electron chi connectivity index (χ4n) is 9.68. The molecule has 0 amide bonds. The van der Waals surface area contributed by atoms with Gasteiger partial charge in [0.2, 0.25) is 0 Å². The van der Waals surface area contributed by atoms with Crippen LogP contribution in [0.4, 0.5) is 17.1 Å². The summed E-state index contributed by atoms with van der Waals surface area (Å²) in [6.45, 7) is 0. The number of hydrogen-bond acceptors (Lipinski definition) is 1. The summed E-state index contributed by atoms with van der Waals surface area (Å²) >= 11 is 0. The Hall–Kier alpha value is -7.48. The minimum Gasteiger partial charge on any atom is -0.310 e. The molecule has 272 valence electrons. The predicted molar refractivity (Wildman–Crippen MR) is 244 cm³/mol. The van der Waals surface area contributed by atoms with Crippen molar-refractivity contribution in [2.24, 2.45) is 0 Å². The van der Waals surface area contributed by atoms with Crippen LogP contribution in [0.3, 0.4) is 0 Å². The Morgan fingerprint density at radius 1 is 0.310 bits per heavy atom. The number of para-hydroxylation sites is 1. The second kappa shape index (κ2) is 13.9. The topological polar surface area (TPSA) is 3.24 Å². The molecule has 0 spiro atoms. The molecule has 1 aliphatic rings. The number of fused-ring (bicyclic) bond motifs is 8. The van der Waals surface area contributed by atoms with Crippen LogP contribution in [0.15, 0.2) is 237 Å². The first-order valence-corrected chi connectivity index (χ1v) is 20.1. The smallest absolute Gasteiger partial charge is 0.0720 e. The van der Waals surface area contributed by atoms with Gasteiger partial charge in [0, 0.05) is 16.9 Å². The van der Waals surface area contributed by atoms with Crippen molar-refractivity contribution in [1.29, 1.82) is 0 Å². The Bertz CT molecular complexity index is 3040. The maximum absolute atomic E-state index is 2.49. The van der Waals surface area contributed by atoms with E-state index in [1.54, 1.807) is 0 Å². The Balaban J connectivity index is 1.24. The molecule has 0 N–H and O–H groups in total. The maximum atomic E-state index is 2.49. The van der Waals surface area contributed by atoms with Crippen LogP contribution in [0.1, 0.15) is 22.3 Å². The molecule has 0 saturated carbocycles. The third kappa shape index (κ3) is 5.25. The molecule has 0 radical (unpaired) electrons. The van der Waals surface area contributed by atoms with Gasteiger partial charge >= 0.3 is 0 Å². The second-order valence-corrected chi connectivity index (χ2v) is 15.2. The van der Waals surface area contributed by atoms with Gasteiger partial charge < -0.3 is 4.90 Å². The molecule has 0 heterocycles. The Morgan fingerprint density at radius 3 is 1.41 bits per heavy atom. The van der Waals surface area contributed by atoms with E-state index in [-0.39, 0.29) is 0 Å². The van der Waals surface area contributed by atoms with E-state index >= 15 is 0 Å².